The van der Waals surface area contributed by atoms with Crippen LogP contribution in [0.3, 0.4) is 0 Å². The standard InChI is InChI=1S/C21H19N3O5/c1-24-17-7-5-14(10-18(17)29-21(24)27)22-19(25)8-4-13-9-12-3-6-15(28-2)11-16(12)23-20(13)26/h3,5-7,9-11H,4,8H2,1-2H3,(H,22,25)(H,23,26). The number of anilines is 1. The molecule has 2 heterocycles. The zero-order valence-corrected chi connectivity index (χ0v) is 15.9. The van der Waals surface area contributed by atoms with Crippen LogP contribution in [-0.2, 0) is 18.3 Å². The van der Waals surface area contributed by atoms with Crippen LogP contribution in [0.1, 0.15) is 12.0 Å². The van der Waals surface area contributed by atoms with Crippen molar-refractivity contribution in [2.24, 2.45) is 7.05 Å². The fraction of sp³-hybridized carbons (Fsp3) is 0.190. The average molecular weight is 393 g/mol. The first-order chi connectivity index (χ1) is 13.9. The molecule has 0 spiro atoms. The van der Waals surface area contributed by atoms with Gasteiger partial charge in [0.1, 0.15) is 5.75 Å². The molecule has 0 bridgehead atoms. The monoisotopic (exact) mass is 393 g/mol. The highest BCUT2D eigenvalue weighted by molar-refractivity contribution is 5.93. The van der Waals surface area contributed by atoms with E-state index < -0.39 is 5.76 Å². The van der Waals surface area contributed by atoms with E-state index >= 15 is 0 Å². The Labute approximate surface area is 164 Å². The van der Waals surface area contributed by atoms with Gasteiger partial charge >= 0.3 is 5.76 Å². The molecular formula is C21H19N3O5. The second kappa shape index (κ2) is 7.31. The maximum atomic E-state index is 12.3. The van der Waals surface area contributed by atoms with Gasteiger partial charge in [0.25, 0.3) is 5.56 Å². The molecule has 1 amide bonds. The summed E-state index contributed by atoms with van der Waals surface area (Å²) in [5.41, 5.74) is 2.55. The number of methoxy groups -OCH3 is 1. The maximum Gasteiger partial charge on any atom is 0.419 e. The molecule has 0 unspecified atom stereocenters. The van der Waals surface area contributed by atoms with Gasteiger partial charge in [-0.3, -0.25) is 14.2 Å². The lowest BCUT2D eigenvalue weighted by molar-refractivity contribution is -0.116. The van der Waals surface area contributed by atoms with Crippen molar-refractivity contribution >= 4 is 33.6 Å². The van der Waals surface area contributed by atoms with Crippen molar-refractivity contribution in [3.05, 3.63) is 68.9 Å². The van der Waals surface area contributed by atoms with E-state index in [0.717, 1.165) is 5.39 Å². The van der Waals surface area contributed by atoms with Crippen LogP contribution < -0.4 is 21.4 Å². The molecule has 8 nitrogen and oxygen atoms in total. The average Bonchev–Trinajstić information content (AvgIpc) is 2.99. The van der Waals surface area contributed by atoms with E-state index in [-0.39, 0.29) is 17.9 Å². The molecule has 4 aromatic rings. The van der Waals surface area contributed by atoms with E-state index in [1.807, 2.05) is 12.1 Å². The molecule has 0 aliphatic carbocycles. The summed E-state index contributed by atoms with van der Waals surface area (Å²) in [6, 6.07) is 12.2. The predicted molar refractivity (Wildman–Crippen MR) is 110 cm³/mol. The molecule has 2 aromatic heterocycles. The van der Waals surface area contributed by atoms with Gasteiger partial charge in [-0.1, -0.05) is 0 Å². The van der Waals surface area contributed by atoms with Crippen LogP contribution in [0.25, 0.3) is 22.0 Å². The second-order valence-electron chi connectivity index (χ2n) is 6.73. The number of amides is 1. The van der Waals surface area contributed by atoms with E-state index in [9.17, 15) is 14.4 Å². The summed E-state index contributed by atoms with van der Waals surface area (Å²) in [4.78, 5) is 39.0. The first kappa shape index (κ1) is 18.5. The molecule has 0 aliphatic heterocycles. The van der Waals surface area contributed by atoms with E-state index in [1.165, 1.54) is 4.57 Å². The molecule has 8 heteroatoms. The molecule has 2 aromatic carbocycles. The highest BCUT2D eigenvalue weighted by atomic mass is 16.5. The van der Waals surface area contributed by atoms with Gasteiger partial charge in [0.2, 0.25) is 5.91 Å². The summed E-state index contributed by atoms with van der Waals surface area (Å²) in [7, 11) is 3.18. The molecule has 2 N–H and O–H groups in total. The van der Waals surface area contributed by atoms with Gasteiger partial charge in [-0.25, -0.2) is 4.79 Å². The Kier molecular flexibility index (Phi) is 4.67. The van der Waals surface area contributed by atoms with Crippen molar-refractivity contribution in [1.29, 1.82) is 0 Å². The molecule has 4 rings (SSSR count). The summed E-state index contributed by atoms with van der Waals surface area (Å²) in [5.74, 6) is -0.0417. The number of aromatic amines is 1. The number of nitrogens with zero attached hydrogens (tertiary/aromatic N) is 1. The number of carbonyl (C=O) groups is 1. The number of fused-ring (bicyclic) bond motifs is 2. The van der Waals surface area contributed by atoms with Crippen LogP contribution >= 0.6 is 0 Å². The fourth-order valence-electron chi connectivity index (χ4n) is 3.22. The van der Waals surface area contributed by atoms with Crippen molar-refractivity contribution in [3.63, 3.8) is 0 Å². The number of oxazole rings is 1. The van der Waals surface area contributed by atoms with E-state index in [2.05, 4.69) is 10.3 Å². The van der Waals surface area contributed by atoms with Gasteiger partial charge in [-0.15, -0.1) is 0 Å². The van der Waals surface area contributed by atoms with Gasteiger partial charge in [-0.05, 0) is 42.1 Å². The number of pyridine rings is 1. The normalized spacial score (nSPS) is 11.1. The Bertz CT molecular complexity index is 1350. The van der Waals surface area contributed by atoms with Crippen molar-refractivity contribution in [2.45, 2.75) is 12.8 Å². The molecule has 29 heavy (non-hydrogen) atoms. The Morgan fingerprint density at radius 2 is 2.00 bits per heavy atom. The summed E-state index contributed by atoms with van der Waals surface area (Å²) in [6.07, 6.45) is 0.438. The molecule has 148 valence electrons. The van der Waals surface area contributed by atoms with E-state index in [0.29, 0.717) is 40.0 Å². The maximum absolute atomic E-state index is 12.3. The van der Waals surface area contributed by atoms with Gasteiger partial charge in [0, 0.05) is 36.9 Å². The Hall–Kier alpha value is -3.81. The molecule has 0 radical (unpaired) electrons. The summed E-state index contributed by atoms with van der Waals surface area (Å²) >= 11 is 0. The lowest BCUT2D eigenvalue weighted by Crippen LogP contribution is -2.17. The van der Waals surface area contributed by atoms with Crippen LogP contribution in [0, 0.1) is 0 Å². The zero-order chi connectivity index (χ0) is 20.5. The van der Waals surface area contributed by atoms with Crippen LogP contribution in [-0.4, -0.2) is 22.6 Å². The third kappa shape index (κ3) is 3.64. The summed E-state index contributed by atoms with van der Waals surface area (Å²) in [5, 5.41) is 3.63. The van der Waals surface area contributed by atoms with Crippen LogP contribution in [0.5, 0.6) is 5.75 Å². The number of aromatic nitrogens is 2. The van der Waals surface area contributed by atoms with E-state index in [4.69, 9.17) is 9.15 Å². The molecule has 0 fully saturated rings. The van der Waals surface area contributed by atoms with Gasteiger partial charge in [0.05, 0.1) is 18.1 Å². The molecule has 0 atom stereocenters. The summed E-state index contributed by atoms with van der Waals surface area (Å²) in [6.45, 7) is 0. The van der Waals surface area contributed by atoms with Crippen molar-refractivity contribution in [3.8, 4) is 5.75 Å². The minimum absolute atomic E-state index is 0.140. The Morgan fingerprint density at radius 3 is 2.79 bits per heavy atom. The highest BCUT2D eigenvalue weighted by Crippen LogP contribution is 2.20. The first-order valence-corrected chi connectivity index (χ1v) is 9.04. The SMILES string of the molecule is COc1ccc2cc(CCC(=O)Nc3ccc4c(c3)oc(=O)n4C)c(=O)[nH]c2c1. The third-order valence-electron chi connectivity index (χ3n) is 4.83. The Morgan fingerprint density at radius 1 is 1.17 bits per heavy atom. The third-order valence-corrected chi connectivity index (χ3v) is 4.83. The van der Waals surface area contributed by atoms with Crippen LogP contribution in [0.2, 0.25) is 0 Å². The number of H-pyrrole nitrogens is 1. The number of rotatable bonds is 5. The number of hydrogen-bond donors (Lipinski definition) is 2. The number of carbonyl (C=O) groups excluding carboxylic acids is 1. The van der Waals surface area contributed by atoms with Crippen LogP contribution in [0.15, 0.2) is 56.5 Å². The number of hydrogen-bond acceptors (Lipinski definition) is 5. The zero-order valence-electron chi connectivity index (χ0n) is 15.9. The molecule has 0 aliphatic rings. The molecule has 0 saturated carbocycles. The van der Waals surface area contributed by atoms with Gasteiger partial charge < -0.3 is 19.5 Å². The minimum atomic E-state index is -0.461. The lowest BCUT2D eigenvalue weighted by atomic mass is 10.1. The topological polar surface area (TPSA) is 106 Å². The minimum Gasteiger partial charge on any atom is -0.497 e. The highest BCUT2D eigenvalue weighted by Gasteiger charge is 2.10. The van der Waals surface area contributed by atoms with Gasteiger partial charge in [-0.2, -0.15) is 0 Å². The summed E-state index contributed by atoms with van der Waals surface area (Å²) < 4.78 is 11.7. The number of nitrogens with one attached hydrogen (secondary N) is 2. The molecular weight excluding hydrogens is 374 g/mol. The fourth-order valence-corrected chi connectivity index (χ4v) is 3.22. The molecule has 0 saturated heterocycles. The predicted octanol–water partition coefficient (Wildman–Crippen LogP) is 2.55. The van der Waals surface area contributed by atoms with E-state index in [1.54, 1.807) is 44.5 Å². The van der Waals surface area contributed by atoms with Crippen LogP contribution in [0.4, 0.5) is 5.69 Å². The first-order valence-electron chi connectivity index (χ1n) is 9.04. The quantitative estimate of drug-likeness (QED) is 0.542. The Balaban J connectivity index is 1.47. The number of aryl methyl sites for hydroxylation is 2. The number of benzene rings is 2. The smallest absolute Gasteiger partial charge is 0.419 e. The van der Waals surface area contributed by atoms with Crippen molar-refractivity contribution in [1.82, 2.24) is 9.55 Å². The van der Waals surface area contributed by atoms with Crippen molar-refractivity contribution < 1.29 is 13.9 Å². The lowest BCUT2D eigenvalue weighted by Gasteiger charge is -2.07. The second-order valence-corrected chi connectivity index (χ2v) is 6.73. The largest absolute Gasteiger partial charge is 0.497 e. The van der Waals surface area contributed by atoms with Gasteiger partial charge in [0.15, 0.2) is 5.58 Å². The number of ether oxygens (including phenoxy) is 1. The van der Waals surface area contributed by atoms with Crippen molar-refractivity contribution in [2.75, 3.05) is 12.4 Å².